The van der Waals surface area contributed by atoms with Crippen LogP contribution in [0.3, 0.4) is 0 Å². The zero-order chi connectivity index (χ0) is 12.0. The van der Waals surface area contributed by atoms with Crippen LogP contribution in [0.5, 0.6) is 0 Å². The van der Waals surface area contributed by atoms with E-state index < -0.39 is 0 Å². The Balaban J connectivity index is 2.48. The second-order valence-electron chi connectivity index (χ2n) is 4.71. The van der Waals surface area contributed by atoms with Crippen LogP contribution in [0.25, 0.3) is 0 Å². The van der Waals surface area contributed by atoms with Gasteiger partial charge in [0, 0.05) is 19.7 Å². The van der Waals surface area contributed by atoms with E-state index in [1.54, 1.807) is 0 Å². The van der Waals surface area contributed by atoms with Gasteiger partial charge < -0.3 is 10.0 Å². The van der Waals surface area contributed by atoms with Gasteiger partial charge in [0.2, 0.25) is 0 Å². The lowest BCUT2D eigenvalue weighted by atomic mass is 10.0. The van der Waals surface area contributed by atoms with Crippen molar-refractivity contribution in [2.45, 2.75) is 32.7 Å². The predicted molar refractivity (Wildman–Crippen MR) is 68.6 cm³/mol. The molecule has 0 saturated carbocycles. The first kappa shape index (κ1) is 13.2. The molecule has 0 atom stereocenters. The number of rotatable bonds is 6. The third kappa shape index (κ3) is 4.33. The summed E-state index contributed by atoms with van der Waals surface area (Å²) in [5, 5.41) is 8.75. The van der Waals surface area contributed by atoms with Gasteiger partial charge in [0.15, 0.2) is 0 Å². The van der Waals surface area contributed by atoms with E-state index in [1.807, 2.05) is 0 Å². The molecule has 0 aromatic heterocycles. The Morgan fingerprint density at radius 1 is 1.19 bits per heavy atom. The Hall–Kier alpha value is -0.860. The summed E-state index contributed by atoms with van der Waals surface area (Å²) in [6.45, 7) is 6.60. The average molecular weight is 221 g/mol. The molecule has 1 aromatic carbocycles. The van der Waals surface area contributed by atoms with Gasteiger partial charge in [0.1, 0.15) is 0 Å². The number of hydrogen-bond donors (Lipinski definition) is 1. The van der Waals surface area contributed by atoms with Crippen LogP contribution >= 0.6 is 0 Å². The van der Waals surface area contributed by atoms with Crippen molar-refractivity contribution in [3.8, 4) is 0 Å². The molecule has 16 heavy (non-hydrogen) atoms. The van der Waals surface area contributed by atoms with Crippen molar-refractivity contribution in [2.75, 3.05) is 20.2 Å². The molecule has 1 rings (SSSR count). The number of nitrogens with zero attached hydrogens (tertiary/aromatic N) is 1. The Labute approximate surface area is 98.9 Å². The number of benzene rings is 1. The van der Waals surface area contributed by atoms with Gasteiger partial charge in [-0.25, -0.2) is 0 Å². The molecule has 0 spiro atoms. The van der Waals surface area contributed by atoms with E-state index in [0.29, 0.717) is 5.92 Å². The Bertz CT molecular complexity index is 292. The summed E-state index contributed by atoms with van der Waals surface area (Å²) < 4.78 is 0. The fourth-order valence-electron chi connectivity index (χ4n) is 1.74. The molecule has 0 heterocycles. The molecule has 0 amide bonds. The van der Waals surface area contributed by atoms with Gasteiger partial charge >= 0.3 is 0 Å². The van der Waals surface area contributed by atoms with Crippen molar-refractivity contribution in [3.63, 3.8) is 0 Å². The van der Waals surface area contributed by atoms with Gasteiger partial charge in [-0.2, -0.15) is 0 Å². The number of aliphatic hydroxyl groups excluding tert-OH is 1. The zero-order valence-corrected chi connectivity index (χ0v) is 10.6. The van der Waals surface area contributed by atoms with E-state index in [1.165, 1.54) is 11.1 Å². The molecule has 0 unspecified atom stereocenters. The smallest absolute Gasteiger partial charge is 0.0443 e. The van der Waals surface area contributed by atoms with Crippen LogP contribution in [0.2, 0.25) is 0 Å². The Morgan fingerprint density at radius 2 is 1.81 bits per heavy atom. The molecule has 90 valence electrons. The molecule has 0 aliphatic carbocycles. The summed E-state index contributed by atoms with van der Waals surface area (Å²) >= 11 is 0. The Morgan fingerprint density at radius 3 is 2.31 bits per heavy atom. The molecular weight excluding hydrogens is 198 g/mol. The SMILES string of the molecule is CC(C)c1ccc(CN(C)CCCO)cc1. The highest BCUT2D eigenvalue weighted by molar-refractivity contribution is 5.24. The standard InChI is InChI=1S/C14H23NO/c1-12(2)14-7-5-13(6-8-14)11-15(3)9-4-10-16/h5-8,12,16H,4,9-11H2,1-3H3. The van der Waals surface area contributed by atoms with Crippen molar-refractivity contribution < 1.29 is 5.11 Å². The maximum atomic E-state index is 8.75. The van der Waals surface area contributed by atoms with Gasteiger partial charge in [-0.05, 0) is 30.5 Å². The first-order valence-electron chi connectivity index (χ1n) is 6.01. The monoisotopic (exact) mass is 221 g/mol. The topological polar surface area (TPSA) is 23.5 Å². The lowest BCUT2D eigenvalue weighted by molar-refractivity contribution is 0.244. The molecule has 0 fully saturated rings. The summed E-state index contributed by atoms with van der Waals surface area (Å²) in [4.78, 5) is 2.24. The summed E-state index contributed by atoms with van der Waals surface area (Å²) in [7, 11) is 2.09. The van der Waals surface area contributed by atoms with Crippen molar-refractivity contribution in [2.24, 2.45) is 0 Å². The lowest BCUT2D eigenvalue weighted by Gasteiger charge is -2.16. The van der Waals surface area contributed by atoms with Crippen LogP contribution in [0.15, 0.2) is 24.3 Å². The molecule has 1 aromatic rings. The second kappa shape index (κ2) is 6.66. The van der Waals surface area contributed by atoms with E-state index in [9.17, 15) is 0 Å². The summed E-state index contributed by atoms with van der Waals surface area (Å²) in [6.07, 6.45) is 0.848. The first-order valence-corrected chi connectivity index (χ1v) is 6.01. The van der Waals surface area contributed by atoms with Crippen LogP contribution in [0.1, 0.15) is 37.3 Å². The first-order chi connectivity index (χ1) is 7.63. The third-order valence-corrected chi connectivity index (χ3v) is 2.80. The van der Waals surface area contributed by atoms with Crippen molar-refractivity contribution in [3.05, 3.63) is 35.4 Å². The predicted octanol–water partition coefficient (Wildman–Crippen LogP) is 2.62. The minimum absolute atomic E-state index is 0.274. The van der Waals surface area contributed by atoms with Crippen LogP contribution < -0.4 is 0 Å². The van der Waals surface area contributed by atoms with E-state index in [0.717, 1.165) is 19.5 Å². The normalized spacial score (nSPS) is 11.4. The van der Waals surface area contributed by atoms with Crippen molar-refractivity contribution in [1.82, 2.24) is 4.90 Å². The molecule has 0 saturated heterocycles. The van der Waals surface area contributed by atoms with E-state index in [4.69, 9.17) is 5.11 Å². The highest BCUT2D eigenvalue weighted by Gasteiger charge is 2.01. The van der Waals surface area contributed by atoms with Gasteiger partial charge in [-0.1, -0.05) is 38.1 Å². The highest BCUT2D eigenvalue weighted by Crippen LogP contribution is 2.15. The summed E-state index contributed by atoms with van der Waals surface area (Å²) in [5.74, 6) is 0.598. The van der Waals surface area contributed by atoms with Gasteiger partial charge in [-0.3, -0.25) is 0 Å². The van der Waals surface area contributed by atoms with Crippen LogP contribution in [-0.2, 0) is 6.54 Å². The van der Waals surface area contributed by atoms with Gasteiger partial charge in [-0.15, -0.1) is 0 Å². The maximum Gasteiger partial charge on any atom is 0.0443 e. The lowest BCUT2D eigenvalue weighted by Crippen LogP contribution is -2.19. The zero-order valence-electron chi connectivity index (χ0n) is 10.6. The minimum Gasteiger partial charge on any atom is -0.396 e. The summed E-state index contributed by atoms with van der Waals surface area (Å²) in [6, 6.07) is 8.81. The molecule has 0 aliphatic heterocycles. The van der Waals surface area contributed by atoms with E-state index in [-0.39, 0.29) is 6.61 Å². The minimum atomic E-state index is 0.274. The van der Waals surface area contributed by atoms with Crippen LogP contribution in [-0.4, -0.2) is 30.2 Å². The van der Waals surface area contributed by atoms with Gasteiger partial charge in [0.25, 0.3) is 0 Å². The fraction of sp³-hybridized carbons (Fsp3) is 0.571. The largest absolute Gasteiger partial charge is 0.396 e. The molecule has 2 nitrogen and oxygen atoms in total. The number of aliphatic hydroxyl groups is 1. The molecule has 0 radical (unpaired) electrons. The van der Waals surface area contributed by atoms with Crippen LogP contribution in [0.4, 0.5) is 0 Å². The summed E-state index contributed by atoms with van der Waals surface area (Å²) in [5.41, 5.74) is 2.73. The number of hydrogen-bond acceptors (Lipinski definition) is 2. The van der Waals surface area contributed by atoms with Crippen molar-refractivity contribution >= 4 is 0 Å². The van der Waals surface area contributed by atoms with Crippen molar-refractivity contribution in [1.29, 1.82) is 0 Å². The molecular formula is C14H23NO. The average Bonchev–Trinajstić information content (AvgIpc) is 2.27. The molecule has 0 aliphatic rings. The quantitative estimate of drug-likeness (QED) is 0.798. The van der Waals surface area contributed by atoms with E-state index in [2.05, 4.69) is 50.1 Å². The highest BCUT2D eigenvalue weighted by atomic mass is 16.3. The fourth-order valence-corrected chi connectivity index (χ4v) is 1.74. The molecule has 2 heteroatoms. The maximum absolute atomic E-state index is 8.75. The van der Waals surface area contributed by atoms with E-state index >= 15 is 0 Å². The van der Waals surface area contributed by atoms with Crippen LogP contribution in [0, 0.1) is 0 Å². The third-order valence-electron chi connectivity index (χ3n) is 2.80. The second-order valence-corrected chi connectivity index (χ2v) is 4.71. The molecule has 0 bridgehead atoms. The van der Waals surface area contributed by atoms with Gasteiger partial charge in [0.05, 0.1) is 0 Å². The molecule has 1 N–H and O–H groups in total. The Kier molecular flexibility index (Phi) is 5.50.